The van der Waals surface area contributed by atoms with Gasteiger partial charge < -0.3 is 15.1 Å². The summed E-state index contributed by atoms with van der Waals surface area (Å²) in [4.78, 5) is 12.6. The molecule has 4 heteroatoms. The molecule has 1 heterocycles. The second-order valence-electron chi connectivity index (χ2n) is 4.21. The molecule has 0 aliphatic carbocycles. The van der Waals surface area contributed by atoms with Crippen LogP contribution in [0.4, 0.5) is 5.69 Å². The van der Waals surface area contributed by atoms with Crippen molar-refractivity contribution >= 4 is 11.7 Å². The summed E-state index contributed by atoms with van der Waals surface area (Å²) >= 11 is 0. The van der Waals surface area contributed by atoms with Crippen molar-refractivity contribution in [3.8, 4) is 5.75 Å². The molecule has 1 aromatic carbocycles. The average molecular weight is 221 g/mol. The first-order valence-corrected chi connectivity index (χ1v) is 5.34. The van der Waals surface area contributed by atoms with Gasteiger partial charge >= 0.3 is 5.97 Å². The Balaban J connectivity index is 2.11. The molecule has 4 nitrogen and oxygen atoms in total. The lowest BCUT2D eigenvalue weighted by Gasteiger charge is -2.21. The Morgan fingerprint density at radius 2 is 2.31 bits per heavy atom. The number of aliphatic carboxylic acids is 1. The van der Waals surface area contributed by atoms with E-state index >= 15 is 0 Å². The van der Waals surface area contributed by atoms with Crippen LogP contribution in [-0.4, -0.2) is 29.3 Å². The maximum absolute atomic E-state index is 10.5. The number of hydrogen-bond acceptors (Lipinski definition) is 3. The summed E-state index contributed by atoms with van der Waals surface area (Å²) in [5.74, 6) is -0.503. The zero-order valence-corrected chi connectivity index (χ0v) is 9.18. The van der Waals surface area contributed by atoms with Crippen molar-refractivity contribution in [3.05, 3.63) is 23.8 Å². The number of phenolic OH excluding ortho intramolecular Hbond substituents is 1. The summed E-state index contributed by atoms with van der Waals surface area (Å²) in [6.07, 6.45) is 1.69. The Kier molecular flexibility index (Phi) is 2.73. The summed E-state index contributed by atoms with van der Waals surface area (Å²) in [5, 5.41) is 18.1. The third-order valence-corrected chi connectivity index (χ3v) is 3.14. The average Bonchev–Trinajstić information content (AvgIpc) is 2.53. The highest BCUT2D eigenvalue weighted by atomic mass is 16.4. The molecule has 1 atom stereocenters. The van der Waals surface area contributed by atoms with E-state index in [2.05, 4.69) is 4.90 Å². The van der Waals surface area contributed by atoms with Crippen LogP contribution in [0.3, 0.4) is 0 Å². The minimum Gasteiger partial charge on any atom is -0.508 e. The van der Waals surface area contributed by atoms with Gasteiger partial charge in [0.05, 0.1) is 0 Å². The van der Waals surface area contributed by atoms with E-state index < -0.39 is 5.97 Å². The van der Waals surface area contributed by atoms with Crippen LogP contribution in [0.1, 0.15) is 18.4 Å². The first-order chi connectivity index (χ1) is 7.58. The lowest BCUT2D eigenvalue weighted by atomic mass is 10.1. The number of carboxylic acids is 1. The van der Waals surface area contributed by atoms with E-state index in [1.54, 1.807) is 12.1 Å². The summed E-state index contributed by atoms with van der Waals surface area (Å²) in [6, 6.07) is 5.54. The molecule has 1 aliphatic rings. The number of nitrogens with zero attached hydrogens (tertiary/aromatic N) is 1. The van der Waals surface area contributed by atoms with E-state index in [1.165, 1.54) is 5.56 Å². The van der Waals surface area contributed by atoms with Gasteiger partial charge in [-0.15, -0.1) is 0 Å². The van der Waals surface area contributed by atoms with Crippen LogP contribution in [0.2, 0.25) is 0 Å². The number of carbonyl (C=O) groups is 1. The van der Waals surface area contributed by atoms with Gasteiger partial charge in [-0.2, -0.15) is 0 Å². The Hall–Kier alpha value is -1.71. The van der Waals surface area contributed by atoms with E-state index in [9.17, 15) is 9.90 Å². The van der Waals surface area contributed by atoms with Crippen molar-refractivity contribution in [2.24, 2.45) is 0 Å². The van der Waals surface area contributed by atoms with Gasteiger partial charge in [-0.3, -0.25) is 4.79 Å². The smallest absolute Gasteiger partial charge is 0.303 e. The lowest BCUT2D eigenvalue weighted by molar-refractivity contribution is -0.137. The molecule has 2 rings (SSSR count). The molecule has 0 saturated heterocycles. The molecule has 1 unspecified atom stereocenters. The fraction of sp³-hybridized carbons (Fsp3) is 0.417. The summed E-state index contributed by atoms with van der Waals surface area (Å²) in [5.41, 5.74) is 2.19. The van der Waals surface area contributed by atoms with E-state index in [0.29, 0.717) is 6.42 Å². The summed E-state index contributed by atoms with van der Waals surface area (Å²) < 4.78 is 0. The van der Waals surface area contributed by atoms with Crippen LogP contribution in [0.25, 0.3) is 0 Å². The first-order valence-electron chi connectivity index (χ1n) is 5.34. The van der Waals surface area contributed by atoms with Gasteiger partial charge in [0.15, 0.2) is 0 Å². The maximum Gasteiger partial charge on any atom is 0.303 e. The number of benzene rings is 1. The molecule has 86 valence electrons. The van der Waals surface area contributed by atoms with Crippen LogP contribution < -0.4 is 4.90 Å². The fourth-order valence-electron chi connectivity index (χ4n) is 2.23. The molecule has 1 aliphatic heterocycles. The van der Waals surface area contributed by atoms with E-state index in [4.69, 9.17) is 5.11 Å². The number of rotatable bonds is 3. The largest absolute Gasteiger partial charge is 0.508 e. The number of aromatic hydroxyl groups is 1. The lowest BCUT2D eigenvalue weighted by Crippen LogP contribution is -2.28. The summed E-state index contributed by atoms with van der Waals surface area (Å²) in [7, 11) is 1.94. The quantitative estimate of drug-likeness (QED) is 0.814. The van der Waals surface area contributed by atoms with Crippen molar-refractivity contribution < 1.29 is 15.0 Å². The first kappa shape index (κ1) is 10.8. The Bertz CT molecular complexity index is 417. The normalized spacial score (nSPS) is 18.6. The topological polar surface area (TPSA) is 60.8 Å². The maximum atomic E-state index is 10.5. The molecule has 1 aromatic rings. The minimum atomic E-state index is -0.757. The number of hydrogen-bond donors (Lipinski definition) is 2. The van der Waals surface area contributed by atoms with Crippen molar-refractivity contribution in [1.29, 1.82) is 0 Å². The Labute approximate surface area is 94.1 Å². The number of likely N-dealkylation sites (N-methyl/N-ethyl adjacent to an activating group) is 1. The van der Waals surface area contributed by atoms with Gasteiger partial charge in [-0.1, -0.05) is 6.07 Å². The van der Waals surface area contributed by atoms with Gasteiger partial charge in [0.2, 0.25) is 0 Å². The molecule has 0 saturated carbocycles. The predicted molar refractivity (Wildman–Crippen MR) is 60.9 cm³/mol. The zero-order valence-electron chi connectivity index (χ0n) is 9.18. The highest BCUT2D eigenvalue weighted by Crippen LogP contribution is 2.34. The molecular weight excluding hydrogens is 206 g/mol. The molecule has 0 fully saturated rings. The highest BCUT2D eigenvalue weighted by molar-refractivity contribution is 5.67. The number of phenols is 1. The molecule has 0 spiro atoms. The van der Waals surface area contributed by atoms with Gasteiger partial charge in [0.1, 0.15) is 5.75 Å². The third-order valence-electron chi connectivity index (χ3n) is 3.14. The summed E-state index contributed by atoms with van der Waals surface area (Å²) in [6.45, 7) is 0. The fourth-order valence-corrected chi connectivity index (χ4v) is 2.23. The molecule has 0 bridgehead atoms. The number of anilines is 1. The second kappa shape index (κ2) is 4.04. The molecule has 0 aromatic heterocycles. The minimum absolute atomic E-state index is 0.189. The van der Waals surface area contributed by atoms with E-state index in [1.807, 2.05) is 13.1 Å². The number of fused-ring (bicyclic) bond motifs is 1. The van der Waals surface area contributed by atoms with Crippen molar-refractivity contribution in [2.45, 2.75) is 25.3 Å². The van der Waals surface area contributed by atoms with Gasteiger partial charge in [-0.05, 0) is 24.5 Å². The van der Waals surface area contributed by atoms with Crippen LogP contribution >= 0.6 is 0 Å². The molecule has 0 amide bonds. The second-order valence-corrected chi connectivity index (χ2v) is 4.21. The SMILES string of the molecule is CN1c2cc(O)ccc2CC1CCC(=O)O. The van der Waals surface area contributed by atoms with Crippen LogP contribution in [-0.2, 0) is 11.2 Å². The third kappa shape index (κ3) is 1.96. The van der Waals surface area contributed by atoms with Crippen LogP contribution in [0.5, 0.6) is 5.75 Å². The van der Waals surface area contributed by atoms with E-state index in [0.717, 1.165) is 12.1 Å². The van der Waals surface area contributed by atoms with Crippen LogP contribution in [0.15, 0.2) is 18.2 Å². The monoisotopic (exact) mass is 221 g/mol. The van der Waals surface area contributed by atoms with Gasteiger partial charge in [0.25, 0.3) is 0 Å². The zero-order chi connectivity index (χ0) is 11.7. The molecule has 2 N–H and O–H groups in total. The molecule has 16 heavy (non-hydrogen) atoms. The standard InChI is InChI=1S/C12H15NO3/c1-13-9(3-5-12(15)16)6-8-2-4-10(14)7-11(8)13/h2,4,7,9,14H,3,5-6H2,1H3,(H,15,16). The Morgan fingerprint density at radius 1 is 1.56 bits per heavy atom. The predicted octanol–water partition coefficient (Wildman–Crippen LogP) is 1.62. The van der Waals surface area contributed by atoms with Crippen molar-refractivity contribution in [1.82, 2.24) is 0 Å². The van der Waals surface area contributed by atoms with E-state index in [-0.39, 0.29) is 18.2 Å². The van der Waals surface area contributed by atoms with Gasteiger partial charge in [-0.25, -0.2) is 0 Å². The van der Waals surface area contributed by atoms with Crippen LogP contribution in [0, 0.1) is 0 Å². The van der Waals surface area contributed by atoms with Gasteiger partial charge in [0, 0.05) is 31.3 Å². The molecular formula is C12H15NO3. The van der Waals surface area contributed by atoms with Crippen molar-refractivity contribution in [3.63, 3.8) is 0 Å². The highest BCUT2D eigenvalue weighted by Gasteiger charge is 2.26. The Morgan fingerprint density at radius 3 is 3.00 bits per heavy atom. The van der Waals surface area contributed by atoms with Crippen molar-refractivity contribution in [2.75, 3.05) is 11.9 Å². The number of carboxylic acid groups (broad SMARTS) is 1. The molecule has 0 radical (unpaired) electrons.